The van der Waals surface area contributed by atoms with Crippen LogP contribution in [0.1, 0.15) is 23.7 Å². The number of nitrogens with zero attached hydrogens (tertiary/aromatic N) is 4. The summed E-state index contributed by atoms with van der Waals surface area (Å²) < 4.78 is 1.77. The van der Waals surface area contributed by atoms with Crippen LogP contribution in [0.5, 0.6) is 0 Å². The van der Waals surface area contributed by atoms with Crippen molar-refractivity contribution in [3.8, 4) is 11.3 Å². The molecule has 0 aliphatic carbocycles. The first kappa shape index (κ1) is 17.2. The maximum absolute atomic E-state index is 13.2. The molecule has 0 bridgehead atoms. The van der Waals surface area contributed by atoms with Gasteiger partial charge in [0, 0.05) is 25.2 Å². The monoisotopic (exact) mass is 364 g/mol. The fourth-order valence-corrected chi connectivity index (χ4v) is 3.53. The Morgan fingerprint density at radius 3 is 2.70 bits per heavy atom. The fourth-order valence-electron chi connectivity index (χ4n) is 3.53. The summed E-state index contributed by atoms with van der Waals surface area (Å²) in [6, 6.07) is 11.5. The number of aromatic nitrogens is 3. The summed E-state index contributed by atoms with van der Waals surface area (Å²) in [5.74, 6) is -1.52. The van der Waals surface area contributed by atoms with E-state index in [2.05, 4.69) is 5.10 Å². The van der Waals surface area contributed by atoms with E-state index >= 15 is 0 Å². The summed E-state index contributed by atoms with van der Waals surface area (Å²) in [7, 11) is 0. The molecule has 1 atom stereocenters. The lowest BCUT2D eigenvalue weighted by molar-refractivity contribution is -0.141. The van der Waals surface area contributed by atoms with Crippen LogP contribution in [-0.2, 0) is 11.3 Å². The van der Waals surface area contributed by atoms with Crippen LogP contribution in [0, 0.1) is 5.92 Å². The number of likely N-dealkylation sites (tertiary alicyclic amines) is 1. The largest absolute Gasteiger partial charge is 0.481 e. The molecule has 138 valence electrons. The van der Waals surface area contributed by atoms with Crippen molar-refractivity contribution in [2.45, 2.75) is 19.9 Å². The Morgan fingerprint density at radius 1 is 1.26 bits per heavy atom. The molecule has 1 N–H and O–H groups in total. The van der Waals surface area contributed by atoms with E-state index in [1.165, 1.54) is 0 Å². The average Bonchev–Trinajstić information content (AvgIpc) is 3.34. The molecule has 7 heteroatoms. The molecule has 0 radical (unpaired) electrons. The Balaban J connectivity index is 1.80. The Kier molecular flexibility index (Phi) is 4.35. The molecular weight excluding hydrogens is 344 g/mol. The minimum absolute atomic E-state index is 0.168. The zero-order chi connectivity index (χ0) is 19.0. The number of carbonyl (C=O) groups is 2. The summed E-state index contributed by atoms with van der Waals surface area (Å²) in [4.78, 5) is 30.8. The van der Waals surface area contributed by atoms with Gasteiger partial charge in [0.05, 0.1) is 28.8 Å². The SMILES string of the molecule is CCn1ncc2c(C(=O)N3CCC(C(=O)O)C3)cc(-c3ccccc3)nc21. The molecular formula is C20H20N4O3. The second kappa shape index (κ2) is 6.83. The number of hydrogen-bond donors (Lipinski definition) is 1. The van der Waals surface area contributed by atoms with Crippen LogP contribution in [0.15, 0.2) is 42.6 Å². The van der Waals surface area contributed by atoms with E-state index in [1.54, 1.807) is 21.8 Å². The summed E-state index contributed by atoms with van der Waals surface area (Å²) in [5.41, 5.74) is 2.80. The third-order valence-corrected chi connectivity index (χ3v) is 5.03. The van der Waals surface area contributed by atoms with Crippen molar-refractivity contribution in [1.29, 1.82) is 0 Å². The maximum Gasteiger partial charge on any atom is 0.308 e. The van der Waals surface area contributed by atoms with Crippen LogP contribution in [-0.4, -0.2) is 49.7 Å². The average molecular weight is 364 g/mol. The van der Waals surface area contributed by atoms with Gasteiger partial charge in [0.1, 0.15) is 0 Å². The van der Waals surface area contributed by atoms with Gasteiger partial charge in [-0.25, -0.2) is 9.67 Å². The highest BCUT2D eigenvalue weighted by Gasteiger charge is 2.32. The highest BCUT2D eigenvalue weighted by Crippen LogP contribution is 2.27. The lowest BCUT2D eigenvalue weighted by Gasteiger charge is -2.17. The van der Waals surface area contributed by atoms with Gasteiger partial charge in [0.25, 0.3) is 5.91 Å². The number of carboxylic acid groups (broad SMARTS) is 1. The van der Waals surface area contributed by atoms with Gasteiger partial charge >= 0.3 is 5.97 Å². The number of hydrogen-bond acceptors (Lipinski definition) is 4. The van der Waals surface area contributed by atoms with Crippen molar-refractivity contribution in [2.24, 2.45) is 5.92 Å². The fraction of sp³-hybridized carbons (Fsp3) is 0.300. The van der Waals surface area contributed by atoms with Crippen molar-refractivity contribution in [1.82, 2.24) is 19.7 Å². The zero-order valence-electron chi connectivity index (χ0n) is 15.0. The number of aliphatic carboxylic acids is 1. The highest BCUT2D eigenvalue weighted by molar-refractivity contribution is 6.06. The third-order valence-electron chi connectivity index (χ3n) is 5.03. The van der Waals surface area contributed by atoms with Gasteiger partial charge < -0.3 is 10.0 Å². The molecule has 0 spiro atoms. The summed E-state index contributed by atoms with van der Waals surface area (Å²) in [6.45, 7) is 3.30. The normalized spacial score (nSPS) is 16.8. The Labute approximate surface area is 156 Å². The van der Waals surface area contributed by atoms with Gasteiger partial charge in [0.15, 0.2) is 5.65 Å². The van der Waals surface area contributed by atoms with Gasteiger partial charge in [-0.15, -0.1) is 0 Å². The summed E-state index contributed by atoms with van der Waals surface area (Å²) in [5, 5.41) is 14.3. The number of aryl methyl sites for hydroxylation is 1. The van der Waals surface area contributed by atoms with Gasteiger partial charge in [-0.2, -0.15) is 5.10 Å². The van der Waals surface area contributed by atoms with Gasteiger partial charge in [-0.3, -0.25) is 9.59 Å². The highest BCUT2D eigenvalue weighted by atomic mass is 16.4. The molecule has 7 nitrogen and oxygen atoms in total. The van der Waals surface area contributed by atoms with Crippen LogP contribution in [0.4, 0.5) is 0 Å². The van der Waals surface area contributed by atoms with Crippen LogP contribution in [0.2, 0.25) is 0 Å². The lowest BCUT2D eigenvalue weighted by Crippen LogP contribution is -2.30. The first-order chi connectivity index (χ1) is 13.1. The third kappa shape index (κ3) is 3.05. The molecule has 2 aromatic heterocycles. The van der Waals surface area contributed by atoms with Crippen LogP contribution in [0.25, 0.3) is 22.3 Å². The molecule has 3 aromatic rings. The second-order valence-electron chi connectivity index (χ2n) is 6.69. The Morgan fingerprint density at radius 2 is 2.04 bits per heavy atom. The molecule has 27 heavy (non-hydrogen) atoms. The van der Waals surface area contributed by atoms with E-state index in [1.807, 2.05) is 37.3 Å². The minimum Gasteiger partial charge on any atom is -0.481 e. The zero-order valence-corrected chi connectivity index (χ0v) is 15.0. The van der Waals surface area contributed by atoms with E-state index in [-0.39, 0.29) is 12.5 Å². The first-order valence-electron chi connectivity index (χ1n) is 9.02. The molecule has 1 fully saturated rings. The topological polar surface area (TPSA) is 88.3 Å². The number of benzene rings is 1. The summed E-state index contributed by atoms with van der Waals surface area (Å²) >= 11 is 0. The van der Waals surface area contributed by atoms with E-state index in [4.69, 9.17) is 4.98 Å². The predicted octanol–water partition coefficient (Wildman–Crippen LogP) is 2.66. The van der Waals surface area contributed by atoms with Gasteiger partial charge in [0.2, 0.25) is 0 Å². The van der Waals surface area contributed by atoms with Gasteiger partial charge in [-0.05, 0) is 19.4 Å². The summed E-state index contributed by atoms with van der Waals surface area (Å²) in [6.07, 6.45) is 2.15. The number of fused-ring (bicyclic) bond motifs is 1. The van der Waals surface area contributed by atoms with E-state index in [0.717, 1.165) is 5.56 Å². The standard InChI is InChI=1S/C20H20N4O3/c1-2-24-18-16(11-21-24)15(10-17(22-18)13-6-4-3-5-7-13)19(25)23-9-8-14(12-23)20(26)27/h3-7,10-11,14H,2,8-9,12H2,1H3,(H,26,27). The molecule has 1 aliphatic rings. The molecule has 1 aromatic carbocycles. The van der Waals surface area contributed by atoms with E-state index < -0.39 is 11.9 Å². The lowest BCUT2D eigenvalue weighted by atomic mass is 10.1. The molecule has 1 aliphatic heterocycles. The molecule has 1 unspecified atom stereocenters. The maximum atomic E-state index is 13.2. The molecule has 1 amide bonds. The number of rotatable bonds is 4. The molecule has 1 saturated heterocycles. The molecule has 3 heterocycles. The van der Waals surface area contributed by atoms with Crippen molar-refractivity contribution < 1.29 is 14.7 Å². The van der Waals surface area contributed by atoms with Crippen molar-refractivity contribution in [3.05, 3.63) is 48.2 Å². The second-order valence-corrected chi connectivity index (χ2v) is 6.69. The Hall–Kier alpha value is -3.22. The number of carboxylic acids is 1. The predicted molar refractivity (Wildman–Crippen MR) is 100 cm³/mol. The number of amides is 1. The quantitative estimate of drug-likeness (QED) is 0.769. The Bertz CT molecular complexity index is 1010. The van der Waals surface area contributed by atoms with Crippen LogP contribution in [0.3, 0.4) is 0 Å². The minimum atomic E-state index is -0.853. The van der Waals surface area contributed by atoms with E-state index in [9.17, 15) is 14.7 Å². The molecule has 0 saturated carbocycles. The van der Waals surface area contributed by atoms with Crippen molar-refractivity contribution in [3.63, 3.8) is 0 Å². The van der Waals surface area contributed by atoms with Crippen LogP contribution < -0.4 is 0 Å². The van der Waals surface area contributed by atoms with Crippen molar-refractivity contribution >= 4 is 22.9 Å². The number of carbonyl (C=O) groups excluding carboxylic acids is 1. The van der Waals surface area contributed by atoms with Crippen molar-refractivity contribution in [2.75, 3.05) is 13.1 Å². The van der Waals surface area contributed by atoms with Gasteiger partial charge in [-0.1, -0.05) is 30.3 Å². The molecule has 4 rings (SSSR count). The van der Waals surface area contributed by atoms with Crippen LogP contribution >= 0.6 is 0 Å². The smallest absolute Gasteiger partial charge is 0.308 e. The van der Waals surface area contributed by atoms with E-state index in [0.29, 0.717) is 41.8 Å². The number of pyridine rings is 1. The first-order valence-corrected chi connectivity index (χ1v) is 9.02.